The molecule has 1 aliphatic rings. The van der Waals surface area contributed by atoms with Crippen LogP contribution in [0.25, 0.3) is 10.9 Å². The Morgan fingerprint density at radius 1 is 1.21 bits per heavy atom. The lowest BCUT2D eigenvalue weighted by Gasteiger charge is -2.29. The lowest BCUT2D eigenvalue weighted by atomic mass is 10.1. The predicted molar refractivity (Wildman–Crippen MR) is 82.9 cm³/mol. The summed E-state index contributed by atoms with van der Waals surface area (Å²) in [6.07, 6.45) is 5.51. The molecule has 0 amide bonds. The van der Waals surface area contributed by atoms with Crippen molar-refractivity contribution in [1.82, 2.24) is 9.99 Å². The largest absolute Gasteiger partial charge is 0.396 e. The maximum atomic E-state index is 6.09. The molecule has 3 N–H and O–H groups in total. The van der Waals surface area contributed by atoms with Crippen molar-refractivity contribution in [3.8, 4) is 0 Å². The molecule has 0 radical (unpaired) electrons. The van der Waals surface area contributed by atoms with Gasteiger partial charge in [-0.25, -0.2) is 5.01 Å². The summed E-state index contributed by atoms with van der Waals surface area (Å²) in [6.45, 7) is 2.13. The molecule has 0 saturated carbocycles. The highest BCUT2D eigenvalue weighted by atomic mass is 79.9. The molecule has 100 valence electrons. The SMILES string of the molecule is Nc1cnc2ccc(Br)cc2c1NN1CCCCC1. The van der Waals surface area contributed by atoms with Crippen LogP contribution < -0.4 is 11.2 Å². The van der Waals surface area contributed by atoms with E-state index in [0.29, 0.717) is 5.69 Å². The summed E-state index contributed by atoms with van der Waals surface area (Å²) in [7, 11) is 0. The second-order valence-corrected chi connectivity index (χ2v) is 5.83. The quantitative estimate of drug-likeness (QED) is 0.890. The summed E-state index contributed by atoms with van der Waals surface area (Å²) in [6, 6.07) is 6.06. The molecule has 3 rings (SSSR count). The number of rotatable bonds is 2. The number of pyridine rings is 1. The van der Waals surface area contributed by atoms with Crippen LogP contribution in [-0.2, 0) is 0 Å². The molecule has 2 heterocycles. The van der Waals surface area contributed by atoms with Crippen molar-refractivity contribution in [3.05, 3.63) is 28.9 Å². The Labute approximate surface area is 121 Å². The van der Waals surface area contributed by atoms with Crippen LogP contribution in [0.3, 0.4) is 0 Å². The topological polar surface area (TPSA) is 54.2 Å². The molecule has 1 aromatic heterocycles. The van der Waals surface area contributed by atoms with Gasteiger partial charge >= 0.3 is 0 Å². The Balaban J connectivity index is 2.00. The van der Waals surface area contributed by atoms with Gasteiger partial charge in [0, 0.05) is 22.9 Å². The van der Waals surface area contributed by atoms with Gasteiger partial charge in [-0.2, -0.15) is 0 Å². The van der Waals surface area contributed by atoms with Gasteiger partial charge in [0.1, 0.15) is 0 Å². The summed E-state index contributed by atoms with van der Waals surface area (Å²) < 4.78 is 1.04. The number of fused-ring (bicyclic) bond motifs is 1. The van der Waals surface area contributed by atoms with Gasteiger partial charge in [-0.05, 0) is 31.0 Å². The Morgan fingerprint density at radius 2 is 2.00 bits per heavy atom. The van der Waals surface area contributed by atoms with Gasteiger partial charge in [-0.1, -0.05) is 22.4 Å². The summed E-state index contributed by atoms with van der Waals surface area (Å²) in [5.74, 6) is 0. The molecule has 1 aromatic carbocycles. The number of benzene rings is 1. The number of hydrogen-bond donors (Lipinski definition) is 2. The minimum absolute atomic E-state index is 0.691. The van der Waals surface area contributed by atoms with Crippen LogP contribution in [0.5, 0.6) is 0 Å². The fraction of sp³-hybridized carbons (Fsp3) is 0.357. The average Bonchev–Trinajstić information content (AvgIpc) is 2.43. The van der Waals surface area contributed by atoms with E-state index >= 15 is 0 Å². The zero-order chi connectivity index (χ0) is 13.2. The number of nitrogens with one attached hydrogen (secondary N) is 1. The van der Waals surface area contributed by atoms with E-state index in [1.807, 2.05) is 12.1 Å². The first-order valence-electron chi connectivity index (χ1n) is 6.59. The third-order valence-electron chi connectivity index (χ3n) is 3.49. The Bertz CT molecular complexity index is 588. The van der Waals surface area contributed by atoms with Gasteiger partial charge < -0.3 is 11.2 Å². The number of nitrogens with zero attached hydrogens (tertiary/aromatic N) is 2. The van der Waals surface area contributed by atoms with Crippen LogP contribution in [0.1, 0.15) is 19.3 Å². The van der Waals surface area contributed by atoms with Crippen LogP contribution in [0.4, 0.5) is 11.4 Å². The third-order valence-corrected chi connectivity index (χ3v) is 3.98. The van der Waals surface area contributed by atoms with E-state index in [-0.39, 0.29) is 0 Å². The first-order valence-corrected chi connectivity index (χ1v) is 7.39. The molecule has 0 spiro atoms. The van der Waals surface area contributed by atoms with Gasteiger partial charge in [0.05, 0.1) is 23.1 Å². The number of aromatic nitrogens is 1. The standard InChI is InChI=1S/C14H17BrN4/c15-10-4-5-13-11(8-10)14(12(16)9-17-13)18-19-6-2-1-3-7-19/h4-5,8-9H,1-3,6-7,16H2,(H,17,18). The van der Waals surface area contributed by atoms with Crippen molar-refractivity contribution in [3.63, 3.8) is 0 Å². The smallest absolute Gasteiger partial charge is 0.0831 e. The van der Waals surface area contributed by atoms with Crippen LogP contribution in [0.2, 0.25) is 0 Å². The fourth-order valence-corrected chi connectivity index (χ4v) is 2.83. The van der Waals surface area contributed by atoms with E-state index in [1.54, 1.807) is 6.20 Å². The van der Waals surface area contributed by atoms with E-state index in [0.717, 1.165) is 34.2 Å². The van der Waals surface area contributed by atoms with Crippen LogP contribution in [0, 0.1) is 0 Å². The average molecular weight is 321 g/mol. The molecule has 4 nitrogen and oxygen atoms in total. The van der Waals surface area contributed by atoms with Crippen molar-refractivity contribution < 1.29 is 0 Å². The molecule has 2 aromatic rings. The van der Waals surface area contributed by atoms with E-state index in [9.17, 15) is 0 Å². The number of nitrogens with two attached hydrogens (primary N) is 1. The van der Waals surface area contributed by atoms with Crippen LogP contribution in [-0.4, -0.2) is 23.1 Å². The molecular formula is C14H17BrN4. The lowest BCUT2D eigenvalue weighted by Crippen LogP contribution is -2.35. The zero-order valence-electron chi connectivity index (χ0n) is 10.7. The van der Waals surface area contributed by atoms with E-state index < -0.39 is 0 Å². The lowest BCUT2D eigenvalue weighted by molar-refractivity contribution is 0.274. The maximum Gasteiger partial charge on any atom is 0.0831 e. The van der Waals surface area contributed by atoms with Gasteiger partial charge in [0.15, 0.2) is 0 Å². The summed E-state index contributed by atoms with van der Waals surface area (Å²) in [5.41, 5.74) is 12.2. The molecule has 0 atom stereocenters. The van der Waals surface area contributed by atoms with Crippen molar-refractivity contribution in [1.29, 1.82) is 0 Å². The monoisotopic (exact) mass is 320 g/mol. The summed E-state index contributed by atoms with van der Waals surface area (Å²) >= 11 is 3.51. The highest BCUT2D eigenvalue weighted by Crippen LogP contribution is 2.30. The number of halogens is 1. The molecule has 0 unspecified atom stereocenters. The predicted octanol–water partition coefficient (Wildman–Crippen LogP) is 3.39. The van der Waals surface area contributed by atoms with Gasteiger partial charge in [0.25, 0.3) is 0 Å². The molecule has 0 aliphatic carbocycles. The van der Waals surface area contributed by atoms with Crippen molar-refractivity contribution in [2.75, 3.05) is 24.2 Å². The Hall–Kier alpha value is -1.33. The number of hydrogen-bond acceptors (Lipinski definition) is 4. The molecule has 1 saturated heterocycles. The Kier molecular flexibility index (Phi) is 3.57. The second kappa shape index (κ2) is 5.35. The Morgan fingerprint density at radius 3 is 2.79 bits per heavy atom. The molecule has 19 heavy (non-hydrogen) atoms. The molecule has 1 fully saturated rings. The van der Waals surface area contributed by atoms with Crippen molar-refractivity contribution in [2.24, 2.45) is 0 Å². The molecule has 5 heteroatoms. The highest BCUT2D eigenvalue weighted by Gasteiger charge is 2.13. The number of piperidine rings is 1. The number of nitrogen functional groups attached to an aromatic ring is 1. The van der Waals surface area contributed by atoms with Gasteiger partial charge in [-0.3, -0.25) is 4.98 Å². The third kappa shape index (κ3) is 2.67. The van der Waals surface area contributed by atoms with Gasteiger partial charge in [-0.15, -0.1) is 0 Å². The maximum absolute atomic E-state index is 6.09. The van der Waals surface area contributed by atoms with E-state index in [1.165, 1.54) is 19.3 Å². The summed E-state index contributed by atoms with van der Waals surface area (Å²) in [5, 5.41) is 3.30. The minimum Gasteiger partial charge on any atom is -0.396 e. The van der Waals surface area contributed by atoms with Crippen molar-refractivity contribution in [2.45, 2.75) is 19.3 Å². The number of anilines is 2. The first-order chi connectivity index (χ1) is 9.24. The van der Waals surface area contributed by atoms with Gasteiger partial charge in [0.2, 0.25) is 0 Å². The first kappa shape index (κ1) is 12.7. The zero-order valence-corrected chi connectivity index (χ0v) is 12.3. The van der Waals surface area contributed by atoms with E-state index in [2.05, 4.69) is 37.4 Å². The molecule has 0 bridgehead atoms. The van der Waals surface area contributed by atoms with E-state index in [4.69, 9.17) is 5.73 Å². The van der Waals surface area contributed by atoms with Crippen LogP contribution >= 0.6 is 15.9 Å². The van der Waals surface area contributed by atoms with Crippen molar-refractivity contribution >= 4 is 38.2 Å². The molecule has 1 aliphatic heterocycles. The fourth-order valence-electron chi connectivity index (χ4n) is 2.47. The number of hydrazine groups is 1. The normalized spacial score (nSPS) is 16.7. The second-order valence-electron chi connectivity index (χ2n) is 4.91. The highest BCUT2D eigenvalue weighted by molar-refractivity contribution is 9.10. The van der Waals surface area contributed by atoms with Crippen LogP contribution in [0.15, 0.2) is 28.9 Å². The minimum atomic E-state index is 0.691. The molecular weight excluding hydrogens is 304 g/mol. The summed E-state index contributed by atoms with van der Waals surface area (Å²) in [4.78, 5) is 4.37.